The molecular weight excluding hydrogens is 368 g/mol. The molecule has 0 N–H and O–H groups in total. The number of aromatic nitrogens is 2. The van der Waals surface area contributed by atoms with Gasteiger partial charge in [-0.2, -0.15) is 5.10 Å². The molecule has 1 aromatic heterocycles. The molecule has 0 unspecified atom stereocenters. The molecule has 2 aromatic carbocycles. The van der Waals surface area contributed by atoms with E-state index in [-0.39, 0.29) is 35.7 Å². The molecule has 2 heterocycles. The third-order valence-electron chi connectivity index (χ3n) is 5.50. The maximum absolute atomic E-state index is 13.3. The monoisotopic (exact) mass is 388 g/mol. The SMILES string of the molecule is O=C(c1nn(C2CC2)c(=O)c2ccccc12)N1CCN(c2ccccc2)C(=O)C1. The van der Waals surface area contributed by atoms with Gasteiger partial charge in [0.15, 0.2) is 5.69 Å². The van der Waals surface area contributed by atoms with Crippen LogP contribution in [0.2, 0.25) is 0 Å². The Morgan fingerprint density at radius 1 is 0.897 bits per heavy atom. The van der Waals surface area contributed by atoms with Crippen LogP contribution in [0, 0.1) is 0 Å². The number of anilines is 1. The molecule has 1 aliphatic carbocycles. The van der Waals surface area contributed by atoms with E-state index in [0.717, 1.165) is 18.5 Å². The van der Waals surface area contributed by atoms with Crippen molar-refractivity contribution in [2.75, 3.05) is 24.5 Å². The number of nitrogens with zero attached hydrogens (tertiary/aromatic N) is 4. The molecule has 2 aliphatic rings. The Morgan fingerprint density at radius 2 is 1.59 bits per heavy atom. The molecule has 0 bridgehead atoms. The normalized spacial score (nSPS) is 17.0. The van der Waals surface area contributed by atoms with Gasteiger partial charge in [-0.1, -0.05) is 36.4 Å². The fourth-order valence-electron chi connectivity index (χ4n) is 3.81. The van der Waals surface area contributed by atoms with Crippen LogP contribution in [-0.4, -0.2) is 46.1 Å². The van der Waals surface area contributed by atoms with Crippen LogP contribution in [0.5, 0.6) is 0 Å². The van der Waals surface area contributed by atoms with Crippen LogP contribution in [0.15, 0.2) is 59.4 Å². The second-order valence-corrected chi connectivity index (χ2v) is 7.48. The Bertz CT molecular complexity index is 1170. The molecule has 3 aromatic rings. The summed E-state index contributed by atoms with van der Waals surface area (Å²) in [5.74, 6) is -0.438. The molecule has 0 atom stereocenters. The molecule has 7 nitrogen and oxygen atoms in total. The van der Waals surface area contributed by atoms with Gasteiger partial charge in [-0.3, -0.25) is 14.4 Å². The van der Waals surface area contributed by atoms with Crippen molar-refractivity contribution in [2.45, 2.75) is 18.9 Å². The standard InChI is InChI=1S/C22H20N4O3/c27-19-14-24(12-13-25(19)15-6-2-1-3-7-15)22(29)20-17-8-4-5-9-18(17)21(28)26(23-20)16-10-11-16/h1-9,16H,10-14H2. The van der Waals surface area contributed by atoms with E-state index in [4.69, 9.17) is 0 Å². The number of piperazine rings is 1. The van der Waals surface area contributed by atoms with E-state index in [1.165, 1.54) is 9.58 Å². The highest BCUT2D eigenvalue weighted by molar-refractivity contribution is 6.07. The zero-order valence-electron chi connectivity index (χ0n) is 15.8. The fourth-order valence-corrected chi connectivity index (χ4v) is 3.81. The maximum atomic E-state index is 13.3. The van der Waals surface area contributed by atoms with Gasteiger partial charge in [0.05, 0.1) is 11.4 Å². The van der Waals surface area contributed by atoms with Gasteiger partial charge in [-0.25, -0.2) is 4.68 Å². The number of amides is 2. The van der Waals surface area contributed by atoms with Crippen molar-refractivity contribution >= 4 is 28.3 Å². The van der Waals surface area contributed by atoms with Gasteiger partial charge in [0.25, 0.3) is 11.5 Å². The Morgan fingerprint density at radius 3 is 2.28 bits per heavy atom. The first-order valence-corrected chi connectivity index (χ1v) is 9.80. The predicted molar refractivity (Wildman–Crippen MR) is 109 cm³/mol. The lowest BCUT2D eigenvalue weighted by molar-refractivity contribution is -0.120. The van der Waals surface area contributed by atoms with E-state index < -0.39 is 0 Å². The summed E-state index contributed by atoms with van der Waals surface area (Å²) in [7, 11) is 0. The number of carbonyl (C=O) groups excluding carboxylic acids is 2. The van der Waals surface area contributed by atoms with E-state index in [1.54, 1.807) is 29.2 Å². The highest BCUT2D eigenvalue weighted by Gasteiger charge is 2.32. The highest BCUT2D eigenvalue weighted by Crippen LogP contribution is 2.33. The van der Waals surface area contributed by atoms with Crippen molar-refractivity contribution in [1.82, 2.24) is 14.7 Å². The lowest BCUT2D eigenvalue weighted by Crippen LogP contribution is -2.52. The van der Waals surface area contributed by atoms with Crippen molar-refractivity contribution < 1.29 is 9.59 Å². The summed E-state index contributed by atoms with van der Waals surface area (Å²) >= 11 is 0. The van der Waals surface area contributed by atoms with Gasteiger partial charge in [0.1, 0.15) is 6.54 Å². The number of rotatable bonds is 3. The summed E-state index contributed by atoms with van der Waals surface area (Å²) in [6.45, 7) is 0.832. The van der Waals surface area contributed by atoms with Gasteiger partial charge < -0.3 is 9.80 Å². The molecule has 2 amide bonds. The Balaban J connectivity index is 1.47. The minimum absolute atomic E-state index is 0.00765. The zero-order valence-corrected chi connectivity index (χ0v) is 15.8. The molecule has 2 fully saturated rings. The number of carbonyl (C=O) groups is 2. The summed E-state index contributed by atoms with van der Waals surface area (Å²) in [4.78, 5) is 41.9. The van der Waals surface area contributed by atoms with Crippen molar-refractivity contribution in [2.24, 2.45) is 0 Å². The maximum Gasteiger partial charge on any atom is 0.275 e. The van der Waals surface area contributed by atoms with Crippen LogP contribution in [-0.2, 0) is 4.79 Å². The summed E-state index contributed by atoms with van der Waals surface area (Å²) in [6.07, 6.45) is 1.79. The Kier molecular flexibility index (Phi) is 4.16. The quantitative estimate of drug-likeness (QED) is 0.690. The first-order chi connectivity index (χ1) is 14.1. The molecule has 0 radical (unpaired) electrons. The van der Waals surface area contributed by atoms with E-state index in [2.05, 4.69) is 5.10 Å². The first kappa shape index (κ1) is 17.6. The van der Waals surface area contributed by atoms with Gasteiger partial charge in [0, 0.05) is 24.2 Å². The Labute approximate surface area is 167 Å². The van der Waals surface area contributed by atoms with Gasteiger partial charge in [-0.15, -0.1) is 0 Å². The van der Waals surface area contributed by atoms with E-state index in [0.29, 0.717) is 23.9 Å². The second-order valence-electron chi connectivity index (χ2n) is 7.48. The van der Waals surface area contributed by atoms with Crippen LogP contribution in [0.1, 0.15) is 29.4 Å². The molecule has 1 saturated heterocycles. The average Bonchev–Trinajstić information content (AvgIpc) is 3.59. The molecule has 5 rings (SSSR count). The molecule has 0 spiro atoms. The lowest BCUT2D eigenvalue weighted by atomic mass is 10.1. The van der Waals surface area contributed by atoms with Crippen LogP contribution < -0.4 is 10.5 Å². The van der Waals surface area contributed by atoms with E-state index in [9.17, 15) is 14.4 Å². The van der Waals surface area contributed by atoms with Crippen LogP contribution in [0.3, 0.4) is 0 Å². The number of hydrogen-bond acceptors (Lipinski definition) is 4. The second kappa shape index (κ2) is 6.84. The molecule has 29 heavy (non-hydrogen) atoms. The topological polar surface area (TPSA) is 75.5 Å². The van der Waals surface area contributed by atoms with Gasteiger partial charge in [0.2, 0.25) is 5.91 Å². The lowest BCUT2D eigenvalue weighted by Gasteiger charge is -2.34. The number of fused-ring (bicyclic) bond motifs is 1. The summed E-state index contributed by atoms with van der Waals surface area (Å²) in [5.41, 5.74) is 0.910. The van der Waals surface area contributed by atoms with E-state index in [1.807, 2.05) is 30.3 Å². The summed E-state index contributed by atoms with van der Waals surface area (Å²) in [6, 6.07) is 16.6. The predicted octanol–water partition coefficient (Wildman–Crippen LogP) is 2.22. The fraction of sp³-hybridized carbons (Fsp3) is 0.273. The molecule has 146 valence electrons. The molecule has 1 aliphatic heterocycles. The number of benzene rings is 2. The number of hydrogen-bond donors (Lipinski definition) is 0. The minimum atomic E-state index is -0.309. The van der Waals surface area contributed by atoms with E-state index >= 15 is 0 Å². The van der Waals surface area contributed by atoms with Gasteiger partial charge in [-0.05, 0) is 31.0 Å². The molecular formula is C22H20N4O3. The highest BCUT2D eigenvalue weighted by atomic mass is 16.2. The van der Waals surface area contributed by atoms with Crippen LogP contribution in [0.4, 0.5) is 5.69 Å². The minimum Gasteiger partial charge on any atom is -0.326 e. The largest absolute Gasteiger partial charge is 0.326 e. The third-order valence-corrected chi connectivity index (χ3v) is 5.50. The van der Waals surface area contributed by atoms with Crippen molar-refractivity contribution in [3.05, 3.63) is 70.6 Å². The Hall–Kier alpha value is -3.48. The van der Waals surface area contributed by atoms with Crippen molar-refractivity contribution in [1.29, 1.82) is 0 Å². The van der Waals surface area contributed by atoms with Gasteiger partial charge >= 0.3 is 0 Å². The summed E-state index contributed by atoms with van der Waals surface area (Å²) < 4.78 is 1.44. The number of para-hydroxylation sites is 1. The molecule has 1 saturated carbocycles. The van der Waals surface area contributed by atoms with Crippen LogP contribution >= 0.6 is 0 Å². The smallest absolute Gasteiger partial charge is 0.275 e. The average molecular weight is 388 g/mol. The van der Waals surface area contributed by atoms with Crippen LogP contribution in [0.25, 0.3) is 10.8 Å². The third kappa shape index (κ3) is 3.08. The van der Waals surface area contributed by atoms with Crippen molar-refractivity contribution in [3.63, 3.8) is 0 Å². The van der Waals surface area contributed by atoms with Crippen molar-refractivity contribution in [3.8, 4) is 0 Å². The summed E-state index contributed by atoms with van der Waals surface area (Å²) in [5, 5.41) is 5.46. The first-order valence-electron chi connectivity index (χ1n) is 9.80. The zero-order chi connectivity index (χ0) is 20.0. The molecule has 7 heteroatoms.